The zero-order chi connectivity index (χ0) is 13.0. The number of amides is 3. The lowest BCUT2D eigenvalue weighted by Gasteiger charge is -2.14. The Balaban J connectivity index is 1.75. The summed E-state index contributed by atoms with van der Waals surface area (Å²) in [5.74, 6) is -0.0653. The van der Waals surface area contributed by atoms with Gasteiger partial charge >= 0.3 is 0 Å². The van der Waals surface area contributed by atoms with E-state index in [-0.39, 0.29) is 17.7 Å². The number of carbonyl (C=O) groups excluding carboxylic acids is 3. The Bertz CT molecular complexity index is 461. The molecule has 0 spiro atoms. The van der Waals surface area contributed by atoms with Crippen LogP contribution in [0.5, 0.6) is 0 Å². The Morgan fingerprint density at radius 1 is 1.39 bits per heavy atom. The molecule has 0 aliphatic carbocycles. The summed E-state index contributed by atoms with van der Waals surface area (Å²) in [4.78, 5) is 36.2. The number of thiophene rings is 1. The molecule has 2 N–H and O–H groups in total. The number of hydrogen-bond acceptors (Lipinski definition) is 5. The topological polar surface area (TPSA) is 78.5 Å². The highest BCUT2D eigenvalue weighted by Gasteiger charge is 2.23. The van der Waals surface area contributed by atoms with Crippen LogP contribution in [-0.4, -0.2) is 40.8 Å². The number of rotatable bonds is 3. The van der Waals surface area contributed by atoms with Gasteiger partial charge in [-0.25, -0.2) is 0 Å². The van der Waals surface area contributed by atoms with Crippen LogP contribution in [0.25, 0.3) is 0 Å². The Hall–Kier alpha value is -1.54. The standard InChI is InChI=1S/C10H11N3O3S2/c14-8(6-13-3-5-18-10(13)16)11-12-9(15)7-2-1-4-17-7/h1-2,4H,3,5-6H2,(H,11,14)(H,12,15). The second kappa shape index (κ2) is 5.87. The molecule has 8 heteroatoms. The molecular formula is C10H11N3O3S2. The van der Waals surface area contributed by atoms with Crippen molar-refractivity contribution in [1.82, 2.24) is 15.8 Å². The third-order valence-electron chi connectivity index (χ3n) is 2.24. The fourth-order valence-electron chi connectivity index (χ4n) is 1.38. The van der Waals surface area contributed by atoms with Crippen LogP contribution in [0, 0.1) is 0 Å². The molecule has 0 saturated carbocycles. The molecule has 18 heavy (non-hydrogen) atoms. The van der Waals surface area contributed by atoms with Crippen molar-refractivity contribution in [3.63, 3.8) is 0 Å². The van der Waals surface area contributed by atoms with Crippen molar-refractivity contribution in [1.29, 1.82) is 0 Å². The predicted molar refractivity (Wildman–Crippen MR) is 69.4 cm³/mol. The number of nitrogens with zero attached hydrogens (tertiary/aromatic N) is 1. The maximum atomic E-state index is 11.5. The number of nitrogens with one attached hydrogen (secondary N) is 2. The average molecular weight is 285 g/mol. The van der Waals surface area contributed by atoms with Crippen LogP contribution in [0.4, 0.5) is 4.79 Å². The van der Waals surface area contributed by atoms with Gasteiger partial charge in [0.2, 0.25) is 0 Å². The van der Waals surface area contributed by atoms with Crippen LogP contribution in [0.3, 0.4) is 0 Å². The summed E-state index contributed by atoms with van der Waals surface area (Å²) in [6, 6.07) is 3.41. The lowest BCUT2D eigenvalue weighted by molar-refractivity contribution is -0.122. The molecule has 96 valence electrons. The van der Waals surface area contributed by atoms with Gasteiger partial charge in [0.15, 0.2) is 0 Å². The molecule has 6 nitrogen and oxygen atoms in total. The molecule has 1 aromatic rings. The first-order chi connectivity index (χ1) is 8.66. The van der Waals surface area contributed by atoms with Crippen molar-refractivity contribution in [2.24, 2.45) is 0 Å². The summed E-state index contributed by atoms with van der Waals surface area (Å²) in [7, 11) is 0. The van der Waals surface area contributed by atoms with Gasteiger partial charge in [0.05, 0.1) is 4.88 Å². The maximum absolute atomic E-state index is 11.5. The van der Waals surface area contributed by atoms with E-state index < -0.39 is 5.91 Å². The van der Waals surface area contributed by atoms with Crippen LogP contribution in [-0.2, 0) is 4.79 Å². The highest BCUT2D eigenvalue weighted by atomic mass is 32.2. The van der Waals surface area contributed by atoms with Crippen LogP contribution < -0.4 is 10.9 Å². The fraction of sp³-hybridized carbons (Fsp3) is 0.300. The monoisotopic (exact) mass is 285 g/mol. The van der Waals surface area contributed by atoms with E-state index in [0.29, 0.717) is 17.2 Å². The third kappa shape index (κ3) is 3.23. The van der Waals surface area contributed by atoms with Gasteiger partial charge in [-0.05, 0) is 11.4 Å². The SMILES string of the molecule is O=C(CN1CCSC1=O)NNC(=O)c1cccs1. The number of hydrogen-bond donors (Lipinski definition) is 2. The first-order valence-corrected chi connectivity index (χ1v) is 7.08. The van der Waals surface area contributed by atoms with Crippen LogP contribution in [0.2, 0.25) is 0 Å². The van der Waals surface area contributed by atoms with Crippen LogP contribution in [0.15, 0.2) is 17.5 Å². The lowest BCUT2D eigenvalue weighted by Crippen LogP contribution is -2.46. The molecular weight excluding hydrogens is 274 g/mol. The van der Waals surface area contributed by atoms with E-state index in [9.17, 15) is 14.4 Å². The summed E-state index contributed by atoms with van der Waals surface area (Å²) < 4.78 is 0. The van der Waals surface area contributed by atoms with Crippen molar-refractivity contribution in [3.8, 4) is 0 Å². The average Bonchev–Trinajstić information content (AvgIpc) is 2.99. The van der Waals surface area contributed by atoms with Crippen LogP contribution in [0.1, 0.15) is 9.67 Å². The highest BCUT2D eigenvalue weighted by Crippen LogP contribution is 2.16. The minimum absolute atomic E-state index is 0.0312. The summed E-state index contributed by atoms with van der Waals surface area (Å²) in [5, 5.41) is 1.67. The number of thioether (sulfide) groups is 1. The Morgan fingerprint density at radius 3 is 2.83 bits per heavy atom. The van der Waals surface area contributed by atoms with Gasteiger partial charge < -0.3 is 4.90 Å². The minimum atomic E-state index is -0.407. The smallest absolute Gasteiger partial charge is 0.282 e. The lowest BCUT2D eigenvalue weighted by atomic mass is 10.4. The van der Waals surface area contributed by atoms with Gasteiger partial charge in [0, 0.05) is 12.3 Å². The summed E-state index contributed by atoms with van der Waals surface area (Å²) in [6.45, 7) is 0.534. The Morgan fingerprint density at radius 2 is 2.22 bits per heavy atom. The Labute approximate surface area is 112 Å². The Kier molecular flexibility index (Phi) is 4.21. The van der Waals surface area contributed by atoms with E-state index >= 15 is 0 Å². The normalized spacial score (nSPS) is 14.7. The minimum Gasteiger partial charge on any atom is -0.323 e. The molecule has 0 aromatic carbocycles. The second-order valence-corrected chi connectivity index (χ2v) is 5.51. The first-order valence-electron chi connectivity index (χ1n) is 5.21. The zero-order valence-corrected chi connectivity index (χ0v) is 11.0. The summed E-state index contributed by atoms with van der Waals surface area (Å²) in [5.41, 5.74) is 4.58. The molecule has 0 bridgehead atoms. The molecule has 3 amide bonds. The van der Waals surface area contributed by atoms with Gasteiger partial charge in [0.1, 0.15) is 6.54 Å². The molecule has 2 rings (SSSR count). The van der Waals surface area contributed by atoms with Crippen molar-refractivity contribution in [2.45, 2.75) is 0 Å². The van der Waals surface area contributed by atoms with E-state index in [4.69, 9.17) is 0 Å². The molecule has 1 aliphatic heterocycles. The molecule has 2 heterocycles. The van der Waals surface area contributed by atoms with Gasteiger partial charge in [-0.1, -0.05) is 17.8 Å². The number of carbonyl (C=O) groups is 3. The highest BCUT2D eigenvalue weighted by molar-refractivity contribution is 8.13. The van der Waals surface area contributed by atoms with E-state index in [1.54, 1.807) is 17.5 Å². The molecule has 0 atom stereocenters. The van der Waals surface area contributed by atoms with E-state index in [2.05, 4.69) is 10.9 Å². The first kappa shape index (κ1) is 12.9. The van der Waals surface area contributed by atoms with Gasteiger partial charge in [-0.15, -0.1) is 11.3 Å². The molecule has 1 fully saturated rings. The van der Waals surface area contributed by atoms with E-state index in [1.165, 1.54) is 28.0 Å². The second-order valence-electron chi connectivity index (χ2n) is 3.52. The zero-order valence-electron chi connectivity index (χ0n) is 9.34. The number of hydrazine groups is 1. The molecule has 1 aliphatic rings. The van der Waals surface area contributed by atoms with E-state index in [0.717, 1.165) is 0 Å². The van der Waals surface area contributed by atoms with Crippen molar-refractivity contribution in [3.05, 3.63) is 22.4 Å². The summed E-state index contributed by atoms with van der Waals surface area (Å²) >= 11 is 2.48. The molecule has 1 aromatic heterocycles. The third-order valence-corrected chi connectivity index (χ3v) is 4.00. The maximum Gasteiger partial charge on any atom is 0.282 e. The predicted octanol–water partition coefficient (Wildman–Crippen LogP) is 0.678. The van der Waals surface area contributed by atoms with Crippen molar-refractivity contribution < 1.29 is 14.4 Å². The van der Waals surface area contributed by atoms with Crippen molar-refractivity contribution in [2.75, 3.05) is 18.8 Å². The summed E-state index contributed by atoms with van der Waals surface area (Å²) in [6.07, 6.45) is 0. The van der Waals surface area contributed by atoms with Gasteiger partial charge in [-0.2, -0.15) is 0 Å². The van der Waals surface area contributed by atoms with Gasteiger partial charge in [0.25, 0.3) is 17.1 Å². The largest absolute Gasteiger partial charge is 0.323 e. The quantitative estimate of drug-likeness (QED) is 0.800. The fourth-order valence-corrected chi connectivity index (χ4v) is 2.82. The molecule has 1 saturated heterocycles. The van der Waals surface area contributed by atoms with E-state index in [1.807, 2.05) is 0 Å². The van der Waals surface area contributed by atoms with Crippen molar-refractivity contribution >= 4 is 40.2 Å². The molecule has 0 radical (unpaired) electrons. The van der Waals surface area contributed by atoms with Gasteiger partial charge in [-0.3, -0.25) is 25.2 Å². The molecule has 0 unspecified atom stereocenters. The van der Waals surface area contributed by atoms with Crippen LogP contribution >= 0.6 is 23.1 Å².